The SMILES string of the molecule is COc1ccc(C(C)NC(=O)/C(C#N)=C\Nc2cc(C)ccc2OC)cc1. The second kappa shape index (κ2) is 9.30. The largest absolute Gasteiger partial charge is 0.497 e. The van der Waals surface area contributed by atoms with Gasteiger partial charge in [0.15, 0.2) is 0 Å². The number of benzene rings is 2. The minimum atomic E-state index is -0.458. The van der Waals surface area contributed by atoms with Crippen molar-refractivity contribution >= 4 is 11.6 Å². The quantitative estimate of drug-likeness (QED) is 0.577. The van der Waals surface area contributed by atoms with Gasteiger partial charge in [0.25, 0.3) is 5.91 Å². The molecule has 27 heavy (non-hydrogen) atoms. The highest BCUT2D eigenvalue weighted by Gasteiger charge is 2.14. The van der Waals surface area contributed by atoms with Crippen LogP contribution in [0.5, 0.6) is 11.5 Å². The van der Waals surface area contributed by atoms with Gasteiger partial charge >= 0.3 is 0 Å². The zero-order valence-corrected chi connectivity index (χ0v) is 15.9. The second-order valence-electron chi connectivity index (χ2n) is 5.99. The number of amides is 1. The van der Waals surface area contributed by atoms with Crippen molar-refractivity contribution in [2.45, 2.75) is 19.9 Å². The third kappa shape index (κ3) is 5.25. The van der Waals surface area contributed by atoms with Gasteiger partial charge in [-0.1, -0.05) is 18.2 Å². The van der Waals surface area contributed by atoms with E-state index >= 15 is 0 Å². The van der Waals surface area contributed by atoms with E-state index in [1.54, 1.807) is 14.2 Å². The third-order valence-corrected chi connectivity index (χ3v) is 4.06. The Morgan fingerprint density at radius 3 is 2.44 bits per heavy atom. The number of hydrogen-bond donors (Lipinski definition) is 2. The molecule has 2 rings (SSSR count). The molecule has 1 amide bonds. The standard InChI is InChI=1S/C21H23N3O3/c1-14-5-10-20(27-4)19(11-14)23-13-17(12-22)21(25)24-15(2)16-6-8-18(26-3)9-7-16/h5-11,13,15,23H,1-4H3,(H,24,25)/b17-13-. The number of anilines is 1. The van der Waals surface area contributed by atoms with Gasteiger partial charge in [-0.25, -0.2) is 0 Å². The van der Waals surface area contributed by atoms with Gasteiger partial charge in [0.1, 0.15) is 23.1 Å². The fourth-order valence-electron chi connectivity index (χ4n) is 2.48. The first-order chi connectivity index (χ1) is 13.0. The van der Waals surface area contributed by atoms with Gasteiger partial charge in [-0.05, 0) is 49.2 Å². The van der Waals surface area contributed by atoms with E-state index < -0.39 is 5.91 Å². The molecule has 2 N–H and O–H groups in total. The van der Waals surface area contributed by atoms with Crippen LogP contribution in [0.15, 0.2) is 54.2 Å². The maximum Gasteiger partial charge on any atom is 0.263 e. The van der Waals surface area contributed by atoms with Crippen molar-refractivity contribution in [1.82, 2.24) is 5.32 Å². The van der Waals surface area contributed by atoms with Crippen molar-refractivity contribution in [3.8, 4) is 17.6 Å². The molecule has 0 spiro atoms. The smallest absolute Gasteiger partial charge is 0.263 e. The number of rotatable bonds is 7. The number of carbonyl (C=O) groups is 1. The van der Waals surface area contributed by atoms with Crippen molar-refractivity contribution in [2.75, 3.05) is 19.5 Å². The molecular formula is C21H23N3O3. The summed E-state index contributed by atoms with van der Waals surface area (Å²) in [4.78, 5) is 12.4. The summed E-state index contributed by atoms with van der Waals surface area (Å²) >= 11 is 0. The lowest BCUT2D eigenvalue weighted by atomic mass is 10.1. The normalized spacial score (nSPS) is 11.9. The molecule has 0 fully saturated rings. The first-order valence-corrected chi connectivity index (χ1v) is 8.44. The molecule has 0 radical (unpaired) electrons. The summed E-state index contributed by atoms with van der Waals surface area (Å²) < 4.78 is 10.4. The van der Waals surface area contributed by atoms with Crippen LogP contribution in [0, 0.1) is 18.3 Å². The van der Waals surface area contributed by atoms with Crippen LogP contribution in [0.2, 0.25) is 0 Å². The Balaban J connectivity index is 2.09. The number of ether oxygens (including phenoxy) is 2. The predicted octanol–water partition coefficient (Wildman–Crippen LogP) is 3.71. The van der Waals surface area contributed by atoms with E-state index in [1.165, 1.54) is 6.20 Å². The molecule has 2 aromatic rings. The second-order valence-corrected chi connectivity index (χ2v) is 5.99. The van der Waals surface area contributed by atoms with E-state index in [9.17, 15) is 10.1 Å². The highest BCUT2D eigenvalue weighted by molar-refractivity contribution is 5.97. The lowest BCUT2D eigenvalue weighted by molar-refractivity contribution is -0.117. The maximum atomic E-state index is 12.4. The van der Waals surface area contributed by atoms with Crippen LogP contribution < -0.4 is 20.1 Å². The highest BCUT2D eigenvalue weighted by atomic mass is 16.5. The first-order valence-electron chi connectivity index (χ1n) is 8.44. The molecule has 0 saturated heterocycles. The number of carbonyl (C=O) groups excluding carboxylic acids is 1. The first kappa shape index (κ1) is 19.9. The summed E-state index contributed by atoms with van der Waals surface area (Å²) in [6, 6.07) is 14.7. The topological polar surface area (TPSA) is 83.4 Å². The van der Waals surface area contributed by atoms with Crippen LogP contribution >= 0.6 is 0 Å². The van der Waals surface area contributed by atoms with Gasteiger partial charge in [0, 0.05) is 6.20 Å². The van der Waals surface area contributed by atoms with Crippen molar-refractivity contribution in [2.24, 2.45) is 0 Å². The minimum absolute atomic E-state index is 0.0288. The van der Waals surface area contributed by atoms with E-state index in [1.807, 2.05) is 62.4 Å². The average molecular weight is 365 g/mol. The lowest BCUT2D eigenvalue weighted by Crippen LogP contribution is -2.28. The van der Waals surface area contributed by atoms with Crippen LogP contribution in [0.3, 0.4) is 0 Å². The van der Waals surface area contributed by atoms with Crippen LogP contribution in [0.25, 0.3) is 0 Å². The monoisotopic (exact) mass is 365 g/mol. The summed E-state index contributed by atoms with van der Waals surface area (Å²) in [5.74, 6) is 0.910. The molecule has 0 heterocycles. The molecule has 140 valence electrons. The zero-order valence-electron chi connectivity index (χ0n) is 15.9. The summed E-state index contributed by atoms with van der Waals surface area (Å²) in [6.07, 6.45) is 1.38. The van der Waals surface area contributed by atoms with Crippen LogP contribution in [-0.4, -0.2) is 20.1 Å². The molecule has 2 aromatic carbocycles. The average Bonchev–Trinajstić information content (AvgIpc) is 2.68. The van der Waals surface area contributed by atoms with Crippen molar-refractivity contribution in [3.05, 3.63) is 65.4 Å². The predicted molar refractivity (Wildman–Crippen MR) is 105 cm³/mol. The Bertz CT molecular complexity index is 867. The fourth-order valence-corrected chi connectivity index (χ4v) is 2.48. The molecule has 1 unspecified atom stereocenters. The van der Waals surface area contributed by atoms with Gasteiger partial charge in [-0.15, -0.1) is 0 Å². The zero-order chi connectivity index (χ0) is 19.8. The van der Waals surface area contributed by atoms with Crippen LogP contribution in [0.4, 0.5) is 5.69 Å². The van der Waals surface area contributed by atoms with Crippen LogP contribution in [0.1, 0.15) is 24.1 Å². The number of methoxy groups -OCH3 is 2. The molecule has 0 saturated carbocycles. The molecule has 0 aliphatic carbocycles. The third-order valence-electron chi connectivity index (χ3n) is 4.06. The summed E-state index contributed by atoms with van der Waals surface area (Å²) in [5.41, 5.74) is 2.60. The van der Waals surface area contributed by atoms with E-state index in [4.69, 9.17) is 9.47 Å². The van der Waals surface area contributed by atoms with Crippen molar-refractivity contribution in [1.29, 1.82) is 5.26 Å². The van der Waals surface area contributed by atoms with E-state index in [0.29, 0.717) is 11.4 Å². The number of hydrogen-bond acceptors (Lipinski definition) is 5. The molecular weight excluding hydrogens is 342 g/mol. The number of nitrogens with zero attached hydrogens (tertiary/aromatic N) is 1. The Morgan fingerprint density at radius 2 is 1.85 bits per heavy atom. The number of nitriles is 1. The molecule has 0 aliphatic rings. The number of aryl methyl sites for hydroxylation is 1. The summed E-state index contributed by atoms with van der Waals surface area (Å²) in [7, 11) is 3.16. The van der Waals surface area contributed by atoms with Gasteiger partial charge < -0.3 is 20.1 Å². The van der Waals surface area contributed by atoms with Gasteiger partial charge in [-0.3, -0.25) is 4.79 Å². The fraction of sp³-hybridized carbons (Fsp3) is 0.238. The van der Waals surface area contributed by atoms with Crippen molar-refractivity contribution < 1.29 is 14.3 Å². The Labute approximate surface area is 159 Å². The van der Waals surface area contributed by atoms with E-state index in [0.717, 1.165) is 16.9 Å². The highest BCUT2D eigenvalue weighted by Crippen LogP contribution is 2.25. The lowest BCUT2D eigenvalue weighted by Gasteiger charge is -2.15. The number of nitrogens with one attached hydrogen (secondary N) is 2. The van der Waals surface area contributed by atoms with Gasteiger partial charge in [-0.2, -0.15) is 5.26 Å². The molecule has 0 aromatic heterocycles. The maximum absolute atomic E-state index is 12.4. The molecule has 0 bridgehead atoms. The summed E-state index contributed by atoms with van der Waals surface area (Å²) in [5, 5.41) is 15.1. The van der Waals surface area contributed by atoms with Gasteiger partial charge in [0.05, 0.1) is 25.9 Å². The van der Waals surface area contributed by atoms with Gasteiger partial charge in [0.2, 0.25) is 0 Å². The van der Waals surface area contributed by atoms with Crippen LogP contribution in [-0.2, 0) is 4.79 Å². The minimum Gasteiger partial charge on any atom is -0.497 e. The summed E-state index contributed by atoms with van der Waals surface area (Å²) in [6.45, 7) is 3.80. The molecule has 0 aliphatic heterocycles. The Kier molecular flexibility index (Phi) is 6.84. The molecule has 6 nitrogen and oxygen atoms in total. The van der Waals surface area contributed by atoms with Crippen molar-refractivity contribution in [3.63, 3.8) is 0 Å². The Morgan fingerprint density at radius 1 is 1.15 bits per heavy atom. The van der Waals surface area contributed by atoms with E-state index in [-0.39, 0.29) is 11.6 Å². The van der Waals surface area contributed by atoms with E-state index in [2.05, 4.69) is 10.6 Å². The molecule has 1 atom stereocenters. The molecule has 6 heteroatoms. The Hall–Kier alpha value is -3.46.